The zero-order valence-corrected chi connectivity index (χ0v) is 16.4. The van der Waals surface area contributed by atoms with Gasteiger partial charge in [0.2, 0.25) is 5.82 Å². The van der Waals surface area contributed by atoms with Crippen LogP contribution in [0.5, 0.6) is 11.8 Å². The number of phenolic OH excluding ortho intramolecular Hbond substituents is 1. The molecule has 2 aromatic carbocycles. The van der Waals surface area contributed by atoms with E-state index in [9.17, 15) is 18.3 Å². The van der Waals surface area contributed by atoms with Gasteiger partial charge in [0.25, 0.3) is 0 Å². The molecule has 4 aromatic rings. The maximum atomic E-state index is 14.3. The highest BCUT2D eigenvalue weighted by molar-refractivity contribution is 7.15. The topological polar surface area (TPSA) is 68.1 Å². The maximum Gasteiger partial charge on any atom is 0.316 e. The first kappa shape index (κ1) is 19.8. The molecule has 0 spiro atoms. The van der Waals surface area contributed by atoms with Crippen molar-refractivity contribution < 1.29 is 23.0 Å². The molecular formula is C21H14F3N3O2S. The van der Waals surface area contributed by atoms with E-state index in [1.54, 1.807) is 36.7 Å². The summed E-state index contributed by atoms with van der Waals surface area (Å²) in [6.07, 6.45) is 3.14. The molecule has 5 nitrogen and oxygen atoms in total. The number of ether oxygens (including phenoxy) is 1. The van der Waals surface area contributed by atoms with Gasteiger partial charge in [0.15, 0.2) is 17.4 Å². The van der Waals surface area contributed by atoms with Crippen LogP contribution in [0, 0.1) is 24.4 Å². The van der Waals surface area contributed by atoms with E-state index in [-0.39, 0.29) is 23.7 Å². The Kier molecular flexibility index (Phi) is 5.37. The normalized spacial score (nSPS) is 10.9. The van der Waals surface area contributed by atoms with Crippen LogP contribution in [0.1, 0.15) is 10.7 Å². The fourth-order valence-electron chi connectivity index (χ4n) is 2.89. The zero-order valence-electron chi connectivity index (χ0n) is 15.6. The van der Waals surface area contributed by atoms with Gasteiger partial charge in [-0.25, -0.2) is 23.7 Å². The molecule has 0 atom stereocenters. The number of rotatable bonds is 5. The molecule has 0 fully saturated rings. The van der Waals surface area contributed by atoms with Crippen molar-refractivity contribution in [2.45, 2.75) is 13.5 Å². The van der Waals surface area contributed by atoms with Gasteiger partial charge < -0.3 is 9.84 Å². The second-order valence-corrected chi connectivity index (χ2v) is 7.39. The van der Waals surface area contributed by atoms with Gasteiger partial charge in [0.05, 0.1) is 10.6 Å². The second-order valence-electron chi connectivity index (χ2n) is 6.31. The summed E-state index contributed by atoms with van der Waals surface area (Å²) in [5.41, 5.74) is 1.42. The molecule has 0 aliphatic rings. The van der Waals surface area contributed by atoms with Crippen molar-refractivity contribution in [2.24, 2.45) is 0 Å². The lowest BCUT2D eigenvalue weighted by Crippen LogP contribution is -1.98. The van der Waals surface area contributed by atoms with Crippen LogP contribution < -0.4 is 4.74 Å². The summed E-state index contributed by atoms with van der Waals surface area (Å²) in [6, 6.07) is 9.27. The number of aromatic nitrogens is 3. The minimum absolute atomic E-state index is 0.179. The van der Waals surface area contributed by atoms with Gasteiger partial charge in [-0.15, -0.1) is 11.3 Å². The number of aromatic hydroxyl groups is 1. The maximum absolute atomic E-state index is 14.3. The van der Waals surface area contributed by atoms with Gasteiger partial charge >= 0.3 is 6.01 Å². The van der Waals surface area contributed by atoms with E-state index in [4.69, 9.17) is 4.74 Å². The van der Waals surface area contributed by atoms with Crippen molar-refractivity contribution in [1.29, 1.82) is 0 Å². The number of aryl methyl sites for hydroxylation is 1. The van der Waals surface area contributed by atoms with Crippen LogP contribution in [0.25, 0.3) is 21.6 Å². The van der Waals surface area contributed by atoms with Gasteiger partial charge in [-0.05, 0) is 36.2 Å². The summed E-state index contributed by atoms with van der Waals surface area (Å²) >= 11 is 1.38. The van der Waals surface area contributed by atoms with E-state index in [2.05, 4.69) is 15.0 Å². The van der Waals surface area contributed by atoms with Crippen LogP contribution in [-0.4, -0.2) is 20.1 Å². The molecule has 0 radical (unpaired) electrons. The number of hydrogen-bond acceptors (Lipinski definition) is 6. The van der Waals surface area contributed by atoms with Crippen LogP contribution >= 0.6 is 11.3 Å². The third kappa shape index (κ3) is 3.84. The Morgan fingerprint density at radius 2 is 1.73 bits per heavy atom. The number of halogens is 3. The van der Waals surface area contributed by atoms with Gasteiger partial charge in [0, 0.05) is 18.0 Å². The van der Waals surface area contributed by atoms with E-state index in [1.807, 2.05) is 6.92 Å². The third-order valence-electron chi connectivity index (χ3n) is 4.28. The van der Waals surface area contributed by atoms with E-state index in [0.717, 1.165) is 16.6 Å². The minimum Gasteiger partial charge on any atom is -0.503 e. The standard InChI is InChI=1S/C21H14F3N3O2S/c1-11-20(30-16(27-11)10-29-21-25-6-3-7-26-21)13-5-2-4-12(8-13)14-9-15(22)19(28)18(24)17(14)23/h2-9,28H,10H2,1H3. The van der Waals surface area contributed by atoms with Crippen molar-refractivity contribution in [3.8, 4) is 33.3 Å². The van der Waals surface area contributed by atoms with E-state index in [0.29, 0.717) is 10.6 Å². The smallest absolute Gasteiger partial charge is 0.316 e. The van der Waals surface area contributed by atoms with Crippen LogP contribution in [0.2, 0.25) is 0 Å². The van der Waals surface area contributed by atoms with Crippen molar-refractivity contribution in [3.63, 3.8) is 0 Å². The molecule has 0 saturated heterocycles. The first-order valence-electron chi connectivity index (χ1n) is 8.77. The molecule has 0 amide bonds. The first-order valence-corrected chi connectivity index (χ1v) is 9.59. The molecule has 0 saturated carbocycles. The number of hydrogen-bond donors (Lipinski definition) is 1. The summed E-state index contributed by atoms with van der Waals surface area (Å²) < 4.78 is 47.3. The van der Waals surface area contributed by atoms with Crippen LogP contribution in [0.3, 0.4) is 0 Å². The second kappa shape index (κ2) is 8.11. The van der Waals surface area contributed by atoms with E-state index in [1.165, 1.54) is 17.4 Å². The number of phenols is 1. The average molecular weight is 429 g/mol. The zero-order chi connectivity index (χ0) is 21.3. The summed E-state index contributed by atoms with van der Waals surface area (Å²) in [5.74, 6) is -5.50. The number of nitrogens with zero attached hydrogens (tertiary/aromatic N) is 3. The van der Waals surface area contributed by atoms with Crippen LogP contribution in [0.15, 0.2) is 48.8 Å². The van der Waals surface area contributed by atoms with Crippen molar-refractivity contribution in [2.75, 3.05) is 0 Å². The van der Waals surface area contributed by atoms with Crippen LogP contribution in [-0.2, 0) is 6.61 Å². The SMILES string of the molecule is Cc1nc(COc2ncccn2)sc1-c1cccc(-c2cc(F)c(O)c(F)c2F)c1. The number of thiazole rings is 1. The van der Waals surface area contributed by atoms with Crippen LogP contribution in [0.4, 0.5) is 13.2 Å². The Hall–Kier alpha value is -3.46. The van der Waals surface area contributed by atoms with E-state index < -0.39 is 23.2 Å². The molecule has 0 aliphatic carbocycles. The number of benzene rings is 2. The highest BCUT2D eigenvalue weighted by atomic mass is 32.1. The predicted molar refractivity (Wildman–Crippen MR) is 106 cm³/mol. The Morgan fingerprint density at radius 3 is 2.50 bits per heavy atom. The van der Waals surface area contributed by atoms with Gasteiger partial charge in [-0.1, -0.05) is 18.2 Å². The Labute approximate surface area is 173 Å². The molecule has 30 heavy (non-hydrogen) atoms. The molecule has 0 aliphatic heterocycles. The molecule has 4 rings (SSSR count). The summed E-state index contributed by atoms with van der Waals surface area (Å²) in [4.78, 5) is 13.3. The molecule has 1 N–H and O–H groups in total. The highest BCUT2D eigenvalue weighted by Crippen LogP contribution is 2.36. The van der Waals surface area contributed by atoms with Crippen molar-refractivity contribution in [1.82, 2.24) is 15.0 Å². The monoisotopic (exact) mass is 429 g/mol. The molecule has 2 heterocycles. The largest absolute Gasteiger partial charge is 0.503 e. The third-order valence-corrected chi connectivity index (χ3v) is 5.46. The lowest BCUT2D eigenvalue weighted by Gasteiger charge is -2.08. The summed E-state index contributed by atoms with van der Waals surface area (Å²) in [5, 5.41) is 9.93. The molecule has 2 aromatic heterocycles. The van der Waals surface area contributed by atoms with Crippen molar-refractivity contribution in [3.05, 3.63) is 76.9 Å². The first-order chi connectivity index (χ1) is 14.4. The Morgan fingerprint density at radius 1 is 1.00 bits per heavy atom. The predicted octanol–water partition coefficient (Wildman–Crippen LogP) is 5.28. The lowest BCUT2D eigenvalue weighted by molar-refractivity contribution is 0.280. The highest BCUT2D eigenvalue weighted by Gasteiger charge is 2.20. The van der Waals surface area contributed by atoms with E-state index >= 15 is 0 Å². The molecule has 0 unspecified atom stereocenters. The Balaban J connectivity index is 1.64. The van der Waals surface area contributed by atoms with Crippen molar-refractivity contribution >= 4 is 11.3 Å². The molecule has 152 valence electrons. The molecule has 0 bridgehead atoms. The quantitative estimate of drug-likeness (QED) is 0.438. The average Bonchev–Trinajstić information content (AvgIpc) is 3.14. The molecule has 9 heteroatoms. The molecular weight excluding hydrogens is 415 g/mol. The van der Waals surface area contributed by atoms with Gasteiger partial charge in [-0.2, -0.15) is 4.39 Å². The Bertz CT molecular complexity index is 1220. The van der Waals surface area contributed by atoms with Gasteiger partial charge in [0.1, 0.15) is 11.6 Å². The van der Waals surface area contributed by atoms with Gasteiger partial charge in [-0.3, -0.25) is 0 Å². The lowest BCUT2D eigenvalue weighted by atomic mass is 10.0. The fraction of sp³-hybridized carbons (Fsp3) is 0.0952. The summed E-state index contributed by atoms with van der Waals surface area (Å²) in [6.45, 7) is 2.00. The fourth-order valence-corrected chi connectivity index (χ4v) is 3.87. The minimum atomic E-state index is -1.62. The summed E-state index contributed by atoms with van der Waals surface area (Å²) in [7, 11) is 0.